The van der Waals surface area contributed by atoms with Gasteiger partial charge in [0.2, 0.25) is 0 Å². The Morgan fingerprint density at radius 2 is 1.68 bits per heavy atom. The number of carbonyl (C=O) groups is 2. The van der Waals surface area contributed by atoms with E-state index in [2.05, 4.69) is 11.4 Å². The molecule has 0 aromatic heterocycles. The van der Waals surface area contributed by atoms with Gasteiger partial charge in [-0.05, 0) is 38.5 Å². The van der Waals surface area contributed by atoms with E-state index in [-0.39, 0.29) is 12.1 Å². The minimum Gasteiger partial charge on any atom is -0.444 e. The van der Waals surface area contributed by atoms with Crippen LogP contribution in [-0.2, 0) is 11.3 Å². The lowest BCUT2D eigenvalue weighted by molar-refractivity contribution is 0.0170. The molecule has 0 atom stereocenters. The Hall–Kier alpha value is -2.75. The summed E-state index contributed by atoms with van der Waals surface area (Å²) in [5.41, 5.74) is 1.00. The number of urea groups is 1. The van der Waals surface area contributed by atoms with Crippen molar-refractivity contribution < 1.29 is 14.3 Å². The number of ether oxygens (including phenoxy) is 1. The highest BCUT2D eigenvalue weighted by Gasteiger charge is 2.27. The monoisotopic (exact) mass is 344 g/mol. The predicted molar refractivity (Wildman–Crippen MR) is 92.8 cm³/mol. The Balaban J connectivity index is 1.77. The van der Waals surface area contributed by atoms with Crippen molar-refractivity contribution in [2.75, 3.05) is 26.2 Å². The summed E-state index contributed by atoms with van der Waals surface area (Å²) in [5, 5.41) is 11.6. The van der Waals surface area contributed by atoms with Gasteiger partial charge in [-0.1, -0.05) is 12.1 Å². The van der Waals surface area contributed by atoms with E-state index in [0.717, 1.165) is 5.56 Å². The van der Waals surface area contributed by atoms with Gasteiger partial charge in [-0.15, -0.1) is 0 Å². The normalized spacial score (nSPS) is 14.6. The molecule has 0 saturated carbocycles. The number of nitriles is 1. The Morgan fingerprint density at radius 3 is 2.20 bits per heavy atom. The number of nitrogens with one attached hydrogen (secondary N) is 1. The summed E-state index contributed by atoms with van der Waals surface area (Å²) in [5.74, 6) is 0. The van der Waals surface area contributed by atoms with Crippen molar-refractivity contribution in [2.24, 2.45) is 0 Å². The molecule has 1 N–H and O–H groups in total. The third kappa shape index (κ3) is 5.68. The first kappa shape index (κ1) is 18.6. The molecule has 0 bridgehead atoms. The minimum atomic E-state index is -0.521. The maximum Gasteiger partial charge on any atom is 0.410 e. The standard InChI is InChI=1S/C18H24N4O3/c1-18(2,3)25-17(24)22-10-8-21(9-11-22)16(23)20-13-15-6-4-14(12-19)5-7-15/h4-7H,8-11,13H2,1-3H3,(H,20,23). The first-order valence-corrected chi connectivity index (χ1v) is 8.28. The molecule has 1 saturated heterocycles. The van der Waals surface area contributed by atoms with Crippen molar-refractivity contribution >= 4 is 12.1 Å². The number of hydrogen-bond acceptors (Lipinski definition) is 4. The van der Waals surface area contributed by atoms with E-state index in [1.807, 2.05) is 32.9 Å². The lowest BCUT2D eigenvalue weighted by Crippen LogP contribution is -2.53. The maximum absolute atomic E-state index is 12.2. The lowest BCUT2D eigenvalue weighted by atomic mass is 10.1. The highest BCUT2D eigenvalue weighted by molar-refractivity contribution is 5.75. The van der Waals surface area contributed by atoms with Crippen LogP contribution in [0.4, 0.5) is 9.59 Å². The van der Waals surface area contributed by atoms with Gasteiger partial charge in [-0.25, -0.2) is 9.59 Å². The topological polar surface area (TPSA) is 85.7 Å². The largest absolute Gasteiger partial charge is 0.444 e. The van der Waals surface area contributed by atoms with Crippen LogP contribution in [0.1, 0.15) is 31.9 Å². The molecular weight excluding hydrogens is 320 g/mol. The van der Waals surface area contributed by atoms with Crippen molar-refractivity contribution in [1.29, 1.82) is 5.26 Å². The molecule has 0 aliphatic carbocycles. The van der Waals surface area contributed by atoms with E-state index < -0.39 is 5.60 Å². The molecule has 1 heterocycles. The maximum atomic E-state index is 12.2. The van der Waals surface area contributed by atoms with E-state index in [0.29, 0.717) is 38.3 Å². The number of amides is 3. The van der Waals surface area contributed by atoms with Crippen molar-refractivity contribution in [1.82, 2.24) is 15.1 Å². The molecule has 1 aromatic carbocycles. The molecular formula is C18H24N4O3. The molecule has 1 aliphatic heterocycles. The van der Waals surface area contributed by atoms with Gasteiger partial charge < -0.3 is 19.9 Å². The summed E-state index contributed by atoms with van der Waals surface area (Å²) in [4.78, 5) is 27.5. The zero-order chi connectivity index (χ0) is 18.4. The summed E-state index contributed by atoms with van der Waals surface area (Å²) in [6, 6.07) is 8.98. The predicted octanol–water partition coefficient (Wildman–Crippen LogP) is 2.32. The second kappa shape index (κ2) is 7.88. The number of piperazine rings is 1. The van der Waals surface area contributed by atoms with Gasteiger partial charge in [0, 0.05) is 32.7 Å². The van der Waals surface area contributed by atoms with Gasteiger partial charge in [-0.3, -0.25) is 0 Å². The summed E-state index contributed by atoms with van der Waals surface area (Å²) >= 11 is 0. The first-order chi connectivity index (χ1) is 11.8. The van der Waals surface area contributed by atoms with Crippen LogP contribution >= 0.6 is 0 Å². The number of carbonyl (C=O) groups excluding carboxylic acids is 2. The van der Waals surface area contributed by atoms with Crippen molar-refractivity contribution in [2.45, 2.75) is 32.9 Å². The van der Waals surface area contributed by atoms with Crippen molar-refractivity contribution in [3.05, 3.63) is 35.4 Å². The van der Waals surface area contributed by atoms with Crippen LogP contribution in [0.3, 0.4) is 0 Å². The zero-order valence-electron chi connectivity index (χ0n) is 14.9. The molecule has 7 nitrogen and oxygen atoms in total. The molecule has 1 aliphatic rings. The van der Waals surface area contributed by atoms with Crippen molar-refractivity contribution in [3.8, 4) is 6.07 Å². The Morgan fingerprint density at radius 1 is 1.12 bits per heavy atom. The Kier molecular flexibility index (Phi) is 5.86. The molecule has 0 spiro atoms. The fourth-order valence-electron chi connectivity index (χ4n) is 2.41. The van der Waals surface area contributed by atoms with Crippen molar-refractivity contribution in [3.63, 3.8) is 0 Å². The average Bonchev–Trinajstić information content (AvgIpc) is 2.58. The summed E-state index contributed by atoms with van der Waals surface area (Å²) < 4.78 is 5.34. The smallest absolute Gasteiger partial charge is 0.410 e. The van der Waals surface area contributed by atoms with Gasteiger partial charge in [-0.2, -0.15) is 5.26 Å². The second-order valence-corrected chi connectivity index (χ2v) is 6.92. The van der Waals surface area contributed by atoms with E-state index >= 15 is 0 Å². The third-order valence-electron chi connectivity index (χ3n) is 3.75. The fourth-order valence-corrected chi connectivity index (χ4v) is 2.41. The highest BCUT2D eigenvalue weighted by Crippen LogP contribution is 2.12. The van der Waals surface area contributed by atoms with Crippen LogP contribution in [-0.4, -0.2) is 53.7 Å². The van der Waals surface area contributed by atoms with Crippen LogP contribution in [0.5, 0.6) is 0 Å². The fraction of sp³-hybridized carbons (Fsp3) is 0.500. The summed E-state index contributed by atoms with van der Waals surface area (Å²) in [7, 11) is 0. The van der Waals surface area contributed by atoms with Crippen LogP contribution in [0.2, 0.25) is 0 Å². The number of benzene rings is 1. The van der Waals surface area contributed by atoms with Crippen LogP contribution in [0, 0.1) is 11.3 Å². The third-order valence-corrected chi connectivity index (χ3v) is 3.75. The Bertz CT molecular complexity index is 650. The zero-order valence-corrected chi connectivity index (χ0v) is 14.9. The van der Waals surface area contributed by atoms with Gasteiger partial charge >= 0.3 is 12.1 Å². The van der Waals surface area contributed by atoms with Crippen LogP contribution < -0.4 is 5.32 Å². The molecule has 1 fully saturated rings. The SMILES string of the molecule is CC(C)(C)OC(=O)N1CCN(C(=O)NCc2ccc(C#N)cc2)CC1. The molecule has 7 heteroatoms. The first-order valence-electron chi connectivity index (χ1n) is 8.28. The average molecular weight is 344 g/mol. The van der Waals surface area contributed by atoms with E-state index in [9.17, 15) is 9.59 Å². The highest BCUT2D eigenvalue weighted by atomic mass is 16.6. The minimum absolute atomic E-state index is 0.159. The number of nitrogens with zero attached hydrogens (tertiary/aromatic N) is 3. The summed E-state index contributed by atoms with van der Waals surface area (Å²) in [6.45, 7) is 7.75. The van der Waals surface area contributed by atoms with Gasteiger partial charge in [0.15, 0.2) is 0 Å². The van der Waals surface area contributed by atoms with Gasteiger partial charge in [0.05, 0.1) is 11.6 Å². The molecule has 3 amide bonds. The number of hydrogen-bond donors (Lipinski definition) is 1. The molecule has 134 valence electrons. The van der Waals surface area contributed by atoms with E-state index in [1.165, 1.54) is 0 Å². The van der Waals surface area contributed by atoms with Gasteiger partial charge in [0.1, 0.15) is 5.60 Å². The second-order valence-electron chi connectivity index (χ2n) is 6.92. The van der Waals surface area contributed by atoms with E-state index in [4.69, 9.17) is 10.00 Å². The molecule has 0 radical (unpaired) electrons. The van der Waals surface area contributed by atoms with Crippen LogP contribution in [0.25, 0.3) is 0 Å². The summed E-state index contributed by atoms with van der Waals surface area (Å²) in [6.07, 6.45) is -0.342. The quantitative estimate of drug-likeness (QED) is 0.892. The lowest BCUT2D eigenvalue weighted by Gasteiger charge is -2.35. The van der Waals surface area contributed by atoms with Crippen LogP contribution in [0.15, 0.2) is 24.3 Å². The molecule has 1 aromatic rings. The molecule has 0 unspecified atom stereocenters. The molecule has 25 heavy (non-hydrogen) atoms. The Labute approximate surface area is 148 Å². The number of rotatable bonds is 2. The van der Waals surface area contributed by atoms with Gasteiger partial charge in [0.25, 0.3) is 0 Å². The molecule has 2 rings (SSSR count). The van der Waals surface area contributed by atoms with E-state index in [1.54, 1.807) is 21.9 Å².